The van der Waals surface area contributed by atoms with Crippen LogP contribution in [0.4, 0.5) is 0 Å². The quantitative estimate of drug-likeness (QED) is 0.492. The molecule has 0 saturated carbocycles. The number of aliphatic imine (C=N–C) groups is 1. The molecule has 1 fully saturated rings. The molecule has 1 saturated heterocycles. The van der Waals surface area contributed by atoms with E-state index in [-0.39, 0.29) is 24.0 Å². The molecule has 4 nitrogen and oxygen atoms in total. The van der Waals surface area contributed by atoms with Gasteiger partial charge in [0, 0.05) is 19.3 Å². The molecule has 0 amide bonds. The van der Waals surface area contributed by atoms with Gasteiger partial charge in [-0.15, -0.1) is 24.0 Å². The Morgan fingerprint density at radius 1 is 1.45 bits per heavy atom. The van der Waals surface area contributed by atoms with E-state index in [2.05, 4.69) is 34.8 Å². The van der Waals surface area contributed by atoms with Gasteiger partial charge in [0.1, 0.15) is 0 Å². The number of rotatable bonds is 3. The van der Waals surface area contributed by atoms with Gasteiger partial charge in [0.2, 0.25) is 0 Å². The third kappa shape index (κ3) is 4.92. The number of nitrogens with two attached hydrogens (primary N) is 1. The van der Waals surface area contributed by atoms with E-state index in [1.165, 1.54) is 18.4 Å². The number of aromatic nitrogens is 1. The largest absolute Gasteiger partial charge is 0.370 e. The second-order valence-electron chi connectivity index (χ2n) is 5.35. The molecule has 0 bridgehead atoms. The van der Waals surface area contributed by atoms with Crippen molar-refractivity contribution in [1.82, 2.24) is 9.88 Å². The predicted molar refractivity (Wildman–Crippen MR) is 94.3 cm³/mol. The van der Waals surface area contributed by atoms with Gasteiger partial charge >= 0.3 is 0 Å². The average molecular weight is 388 g/mol. The highest BCUT2D eigenvalue weighted by atomic mass is 127. The van der Waals surface area contributed by atoms with Crippen LogP contribution in [0.1, 0.15) is 37.9 Å². The third-order valence-corrected chi connectivity index (χ3v) is 3.80. The van der Waals surface area contributed by atoms with Gasteiger partial charge in [-0.1, -0.05) is 13.8 Å². The van der Waals surface area contributed by atoms with Gasteiger partial charge in [-0.25, -0.2) is 4.99 Å². The first-order chi connectivity index (χ1) is 9.19. The Morgan fingerprint density at radius 2 is 2.15 bits per heavy atom. The Labute approximate surface area is 138 Å². The van der Waals surface area contributed by atoms with E-state index in [0.717, 1.165) is 31.1 Å². The zero-order chi connectivity index (χ0) is 13.7. The van der Waals surface area contributed by atoms with Gasteiger partial charge in [0.25, 0.3) is 0 Å². The number of nitrogens with zero attached hydrogens (tertiary/aromatic N) is 3. The lowest BCUT2D eigenvalue weighted by atomic mass is 10.00. The maximum absolute atomic E-state index is 6.06. The fourth-order valence-electron chi connectivity index (χ4n) is 2.33. The summed E-state index contributed by atoms with van der Waals surface area (Å²) in [5.74, 6) is 1.47. The van der Waals surface area contributed by atoms with Gasteiger partial charge in [-0.05, 0) is 42.9 Å². The molecule has 1 aliphatic heterocycles. The van der Waals surface area contributed by atoms with Crippen LogP contribution in [-0.4, -0.2) is 28.9 Å². The first kappa shape index (κ1) is 17.2. The van der Waals surface area contributed by atoms with Crippen LogP contribution in [0.2, 0.25) is 0 Å². The normalized spacial score (nSPS) is 16.9. The van der Waals surface area contributed by atoms with Crippen LogP contribution in [0.25, 0.3) is 0 Å². The van der Waals surface area contributed by atoms with Crippen molar-refractivity contribution in [2.75, 3.05) is 13.1 Å². The molecule has 0 radical (unpaired) electrons. The summed E-state index contributed by atoms with van der Waals surface area (Å²) in [5.41, 5.74) is 8.35. The molecule has 1 aromatic rings. The summed E-state index contributed by atoms with van der Waals surface area (Å²) in [6.45, 7) is 7.07. The molecule has 0 spiro atoms. The summed E-state index contributed by atoms with van der Waals surface area (Å²) in [6.07, 6.45) is 5.29. The van der Waals surface area contributed by atoms with Gasteiger partial charge in [0.05, 0.1) is 12.2 Å². The van der Waals surface area contributed by atoms with Crippen molar-refractivity contribution in [1.29, 1.82) is 0 Å². The van der Waals surface area contributed by atoms with Crippen LogP contribution in [0, 0.1) is 5.92 Å². The highest BCUT2D eigenvalue weighted by molar-refractivity contribution is 14.0. The SMILES string of the molecule is CCc1ccnc(CN=C(N)N2CCC(C)CC2)c1.I. The summed E-state index contributed by atoms with van der Waals surface area (Å²) >= 11 is 0. The first-order valence-corrected chi connectivity index (χ1v) is 7.17. The van der Waals surface area contributed by atoms with Crippen LogP contribution in [0.5, 0.6) is 0 Å². The minimum absolute atomic E-state index is 0. The number of likely N-dealkylation sites (tertiary alicyclic amines) is 1. The van der Waals surface area contributed by atoms with Crippen molar-refractivity contribution in [2.24, 2.45) is 16.6 Å². The maximum Gasteiger partial charge on any atom is 0.191 e. The molecule has 1 aromatic heterocycles. The second-order valence-corrected chi connectivity index (χ2v) is 5.35. The zero-order valence-corrected chi connectivity index (χ0v) is 14.7. The minimum atomic E-state index is 0. The fourth-order valence-corrected chi connectivity index (χ4v) is 2.33. The van der Waals surface area contributed by atoms with E-state index in [0.29, 0.717) is 12.5 Å². The smallest absolute Gasteiger partial charge is 0.191 e. The molecule has 0 unspecified atom stereocenters. The molecule has 2 rings (SSSR count). The molecular formula is C15H25IN4. The monoisotopic (exact) mass is 388 g/mol. The number of hydrogen-bond acceptors (Lipinski definition) is 2. The van der Waals surface area contributed by atoms with Crippen molar-refractivity contribution in [3.05, 3.63) is 29.6 Å². The number of aryl methyl sites for hydroxylation is 1. The molecule has 112 valence electrons. The number of halogens is 1. The van der Waals surface area contributed by atoms with Crippen LogP contribution < -0.4 is 5.73 Å². The summed E-state index contributed by atoms with van der Waals surface area (Å²) in [6, 6.07) is 4.15. The van der Waals surface area contributed by atoms with E-state index in [1.54, 1.807) is 0 Å². The van der Waals surface area contributed by atoms with Gasteiger partial charge in [-0.2, -0.15) is 0 Å². The van der Waals surface area contributed by atoms with Crippen molar-refractivity contribution in [2.45, 2.75) is 39.7 Å². The van der Waals surface area contributed by atoms with Crippen LogP contribution >= 0.6 is 24.0 Å². The van der Waals surface area contributed by atoms with Crippen molar-refractivity contribution < 1.29 is 0 Å². The van der Waals surface area contributed by atoms with Gasteiger partial charge in [0.15, 0.2) is 5.96 Å². The van der Waals surface area contributed by atoms with E-state index in [4.69, 9.17) is 5.73 Å². The lowest BCUT2D eigenvalue weighted by Crippen LogP contribution is -2.42. The molecule has 2 N–H and O–H groups in total. The van der Waals surface area contributed by atoms with Crippen LogP contribution in [0.15, 0.2) is 23.3 Å². The highest BCUT2D eigenvalue weighted by Gasteiger charge is 2.16. The van der Waals surface area contributed by atoms with E-state index in [1.807, 2.05) is 12.3 Å². The van der Waals surface area contributed by atoms with Gasteiger partial charge in [-0.3, -0.25) is 4.98 Å². The lowest BCUT2D eigenvalue weighted by molar-refractivity contribution is 0.277. The van der Waals surface area contributed by atoms with Crippen LogP contribution in [-0.2, 0) is 13.0 Å². The van der Waals surface area contributed by atoms with Crippen LogP contribution in [0.3, 0.4) is 0 Å². The molecule has 1 aliphatic rings. The van der Waals surface area contributed by atoms with E-state index in [9.17, 15) is 0 Å². The summed E-state index contributed by atoms with van der Waals surface area (Å²) in [7, 11) is 0. The molecule has 2 heterocycles. The summed E-state index contributed by atoms with van der Waals surface area (Å²) in [4.78, 5) is 11.0. The Hall–Kier alpha value is -0.850. The summed E-state index contributed by atoms with van der Waals surface area (Å²) < 4.78 is 0. The molecule has 5 heteroatoms. The number of piperidine rings is 1. The zero-order valence-electron chi connectivity index (χ0n) is 12.4. The average Bonchev–Trinajstić information content (AvgIpc) is 2.46. The second kappa shape index (κ2) is 8.44. The Balaban J connectivity index is 0.00000200. The topological polar surface area (TPSA) is 54.5 Å². The van der Waals surface area contributed by atoms with Crippen molar-refractivity contribution >= 4 is 29.9 Å². The van der Waals surface area contributed by atoms with E-state index >= 15 is 0 Å². The van der Waals surface area contributed by atoms with Gasteiger partial charge < -0.3 is 10.6 Å². The summed E-state index contributed by atoms with van der Waals surface area (Å²) in [5, 5.41) is 0. The first-order valence-electron chi connectivity index (χ1n) is 7.17. The molecule has 0 atom stereocenters. The van der Waals surface area contributed by atoms with Crippen molar-refractivity contribution in [3.63, 3.8) is 0 Å². The predicted octanol–water partition coefficient (Wildman–Crippen LogP) is 2.81. The molecule has 0 aliphatic carbocycles. The number of hydrogen-bond donors (Lipinski definition) is 1. The fraction of sp³-hybridized carbons (Fsp3) is 0.600. The number of pyridine rings is 1. The molecule has 0 aromatic carbocycles. The molecular weight excluding hydrogens is 363 g/mol. The number of guanidine groups is 1. The minimum Gasteiger partial charge on any atom is -0.370 e. The van der Waals surface area contributed by atoms with Crippen molar-refractivity contribution in [3.8, 4) is 0 Å². The standard InChI is InChI=1S/C15H24N4.HI/c1-3-13-4-7-17-14(10-13)11-18-15(16)19-8-5-12(2)6-9-19;/h4,7,10,12H,3,5-6,8-9,11H2,1-2H3,(H2,16,18);1H. The highest BCUT2D eigenvalue weighted by Crippen LogP contribution is 2.15. The maximum atomic E-state index is 6.06. The Kier molecular flexibility index (Phi) is 7.26. The lowest BCUT2D eigenvalue weighted by Gasteiger charge is -2.31. The molecule has 20 heavy (non-hydrogen) atoms. The Bertz CT molecular complexity index is 439. The Morgan fingerprint density at radius 3 is 2.80 bits per heavy atom. The van der Waals surface area contributed by atoms with E-state index < -0.39 is 0 Å². The third-order valence-electron chi connectivity index (χ3n) is 3.80.